The third-order valence-electron chi connectivity index (χ3n) is 10.8. The Morgan fingerprint density at radius 3 is 2.49 bits per heavy atom. The van der Waals surface area contributed by atoms with Crippen LogP contribution in [-0.2, 0) is 31.0 Å². The number of pyridine rings is 1. The molecule has 61 heavy (non-hydrogen) atoms. The zero-order valence-corrected chi connectivity index (χ0v) is 35.3. The molecule has 1 aromatic carbocycles. The van der Waals surface area contributed by atoms with Crippen LogP contribution in [0.1, 0.15) is 87.7 Å². The number of primary amides is 1. The van der Waals surface area contributed by atoms with Gasteiger partial charge in [-0.05, 0) is 83.4 Å². The van der Waals surface area contributed by atoms with E-state index < -0.39 is 69.8 Å². The van der Waals surface area contributed by atoms with E-state index in [1.165, 1.54) is 4.90 Å². The number of hydrogen-bond acceptors (Lipinski definition) is 11. The highest BCUT2D eigenvalue weighted by Gasteiger charge is 2.45. The number of carbonyl (C=O) groups excluding carboxylic acids is 4. The van der Waals surface area contributed by atoms with Crippen LogP contribution in [0.25, 0.3) is 10.9 Å². The van der Waals surface area contributed by atoms with E-state index in [4.69, 9.17) is 19.9 Å². The van der Waals surface area contributed by atoms with Gasteiger partial charge in [0.1, 0.15) is 41.9 Å². The molecule has 5 atom stereocenters. The first-order valence-corrected chi connectivity index (χ1v) is 21.9. The number of nitrogens with one attached hydrogen (secondary N) is 2. The van der Waals surface area contributed by atoms with Gasteiger partial charge in [0.15, 0.2) is 0 Å². The summed E-state index contributed by atoms with van der Waals surface area (Å²) in [7, 11) is -2.05. The second kappa shape index (κ2) is 18.7. The second-order valence-electron chi connectivity index (χ2n) is 16.1. The molecule has 0 spiro atoms. The van der Waals surface area contributed by atoms with E-state index >= 15 is 0 Å². The molecule has 4 amide bonds. The second-order valence-corrected chi connectivity index (χ2v) is 18.1. The lowest BCUT2D eigenvalue weighted by Gasteiger charge is -2.27. The summed E-state index contributed by atoms with van der Waals surface area (Å²) < 4.78 is 83.9. The predicted molar refractivity (Wildman–Crippen MR) is 216 cm³/mol. The highest BCUT2D eigenvalue weighted by atomic mass is 32.2. The van der Waals surface area contributed by atoms with Crippen LogP contribution >= 0.6 is 0 Å². The molecule has 3 heterocycles. The summed E-state index contributed by atoms with van der Waals surface area (Å²) in [5.74, 6) is -1.89. The van der Waals surface area contributed by atoms with Crippen molar-refractivity contribution in [2.75, 3.05) is 13.7 Å². The van der Waals surface area contributed by atoms with Crippen molar-refractivity contribution in [2.45, 2.75) is 121 Å². The van der Waals surface area contributed by atoms with E-state index in [9.17, 15) is 40.8 Å². The summed E-state index contributed by atoms with van der Waals surface area (Å²) in [6.45, 7) is 4.07. The average Bonchev–Trinajstić information content (AvgIpc) is 4.10. The van der Waals surface area contributed by atoms with Crippen LogP contribution in [-0.4, -0.2) is 101 Å². The molecule has 3 fully saturated rings. The molecule has 1 aliphatic heterocycles. The Morgan fingerprint density at radius 2 is 1.82 bits per heavy atom. The van der Waals surface area contributed by atoms with Gasteiger partial charge in [-0.3, -0.25) is 28.6 Å². The van der Waals surface area contributed by atoms with Gasteiger partial charge < -0.3 is 30.2 Å². The molecule has 20 heteroatoms. The molecule has 2 saturated carbocycles. The Balaban J connectivity index is 1.12. The molecule has 1 saturated heterocycles. The number of halogens is 3. The predicted octanol–water partition coefficient (Wildman–Crippen LogP) is 4.48. The van der Waals surface area contributed by atoms with Gasteiger partial charge in [-0.25, -0.2) is 13.4 Å². The smallest absolute Gasteiger partial charge is 0.408 e. The van der Waals surface area contributed by atoms with Gasteiger partial charge in [0.2, 0.25) is 33.6 Å². The fourth-order valence-corrected chi connectivity index (χ4v) is 8.82. The minimum absolute atomic E-state index is 0.0368. The van der Waals surface area contributed by atoms with Gasteiger partial charge in [0, 0.05) is 35.6 Å². The fourth-order valence-electron chi connectivity index (χ4n) is 7.46. The number of benzene rings is 1. The highest BCUT2D eigenvalue weighted by Crippen LogP contribution is 2.41. The third-order valence-corrected chi connectivity index (χ3v) is 12.6. The number of nitrogens with zero attached hydrogens (tertiary/aromatic N) is 4. The molecule has 2 aliphatic carbocycles. The largest absolute Gasteiger partial charge is 0.496 e. The van der Waals surface area contributed by atoms with E-state index in [1.54, 1.807) is 25.3 Å². The van der Waals surface area contributed by atoms with Gasteiger partial charge in [-0.15, -0.1) is 0 Å². The number of rotatable bonds is 20. The maximum absolute atomic E-state index is 14.3. The number of amides is 4. The molecule has 332 valence electrons. The number of unbranched alkanes of at least 4 members (excludes halogenated alkanes) is 3. The Morgan fingerprint density at radius 1 is 1.07 bits per heavy atom. The van der Waals surface area contributed by atoms with Crippen LogP contribution in [0.3, 0.4) is 0 Å². The first-order valence-electron chi connectivity index (χ1n) is 20.4. The number of aryl methyl sites for hydroxylation is 1. The van der Waals surface area contributed by atoms with Crippen LogP contribution in [0.4, 0.5) is 13.2 Å². The number of aromatic nitrogens is 3. The van der Waals surface area contributed by atoms with Crippen LogP contribution < -0.4 is 30.0 Å². The minimum Gasteiger partial charge on any atom is -0.496 e. The zero-order chi connectivity index (χ0) is 44.2. The van der Waals surface area contributed by atoms with Crippen molar-refractivity contribution in [3.63, 3.8) is 0 Å². The van der Waals surface area contributed by atoms with Gasteiger partial charge in [-0.1, -0.05) is 25.0 Å². The first kappa shape index (κ1) is 45.1. The van der Waals surface area contributed by atoms with Crippen LogP contribution in [0.15, 0.2) is 42.6 Å². The molecule has 4 N–H and O–H groups in total. The molecular formula is C41H52F3N7O9S. The highest BCUT2D eigenvalue weighted by molar-refractivity contribution is 7.90. The van der Waals surface area contributed by atoms with E-state index in [0.29, 0.717) is 77.9 Å². The van der Waals surface area contributed by atoms with Crippen LogP contribution in [0, 0.1) is 18.8 Å². The number of allylic oxidation sites excluding steroid dienone is 2. The van der Waals surface area contributed by atoms with Crippen molar-refractivity contribution in [2.24, 2.45) is 17.6 Å². The number of sulfonamides is 1. The number of carbonyl (C=O) groups is 4. The molecule has 16 nitrogen and oxygen atoms in total. The van der Waals surface area contributed by atoms with Gasteiger partial charge >= 0.3 is 6.18 Å². The van der Waals surface area contributed by atoms with Crippen molar-refractivity contribution in [3.05, 3.63) is 53.9 Å². The molecule has 4 unspecified atom stereocenters. The monoisotopic (exact) mass is 875 g/mol. The van der Waals surface area contributed by atoms with E-state index in [2.05, 4.69) is 20.1 Å². The number of hydrogen-bond donors (Lipinski definition) is 3. The summed E-state index contributed by atoms with van der Waals surface area (Å²) in [6.07, 6.45) is 3.58. The number of alkyl halides is 3. The topological polar surface area (TPSA) is 214 Å². The quantitative estimate of drug-likeness (QED) is 0.106. The third kappa shape index (κ3) is 11.7. The SMILES string of the molecule is COc1ccc2c(O[C@@H]3CC(C(N)=O)N(C(=O)C(CCCCC/C=C\C4CC4C(=O)NS(=O)(=O)C4CC4)NC(=O)c4ccn(CC(F)(F)F)n4)C3)cc(OC(C)C)nc2c1C. The lowest BCUT2D eigenvalue weighted by Crippen LogP contribution is -2.53. The molecule has 2 aromatic heterocycles. The Labute approximate surface area is 351 Å². The molecule has 0 radical (unpaired) electrons. The van der Waals surface area contributed by atoms with Gasteiger partial charge in [0.05, 0.1) is 30.5 Å². The lowest BCUT2D eigenvalue weighted by molar-refractivity contribution is -0.142. The fraction of sp³-hybridized carbons (Fsp3) is 0.561. The normalized spacial score (nSPS) is 20.8. The molecular weight excluding hydrogens is 824 g/mol. The summed E-state index contributed by atoms with van der Waals surface area (Å²) in [6, 6.07) is 4.02. The molecule has 3 aliphatic rings. The van der Waals surface area contributed by atoms with Crippen LogP contribution in [0.2, 0.25) is 0 Å². The standard InChI is InChI=1S/C41H52F3N7O9S/c1-23(2)59-35-20-34(28-14-15-33(58-4)24(3)36(28)47-35)60-26-19-32(37(45)52)51(21-26)40(55)31(46-39(54)30-16-17-50(48-30)22-41(42,43)44)11-9-7-5-6-8-10-25-18-29(25)38(53)49-61(56,57)27-12-13-27/h8,10,14-17,20,23,25-27,29,31-32H,5-7,9,11-13,18-19,21-22H2,1-4H3,(H2,45,52)(H,46,54)(H,49,53)/b10-8-/t25?,26-,29?,31?,32?/m1/s1. The molecule has 0 bridgehead atoms. The summed E-state index contributed by atoms with van der Waals surface area (Å²) >= 11 is 0. The van der Waals surface area contributed by atoms with E-state index in [-0.39, 0.29) is 43.0 Å². The first-order chi connectivity index (χ1) is 28.8. The van der Waals surface area contributed by atoms with Crippen molar-refractivity contribution in [1.29, 1.82) is 0 Å². The summed E-state index contributed by atoms with van der Waals surface area (Å²) in [4.78, 5) is 58.8. The van der Waals surface area contributed by atoms with Crippen molar-refractivity contribution >= 4 is 44.6 Å². The molecule has 6 rings (SSSR count). The Hall–Kier alpha value is -5.40. The zero-order valence-electron chi connectivity index (χ0n) is 34.4. The van der Waals surface area contributed by atoms with Crippen molar-refractivity contribution in [1.82, 2.24) is 29.7 Å². The number of methoxy groups -OCH3 is 1. The molecule has 3 aromatic rings. The maximum Gasteiger partial charge on any atom is 0.408 e. The van der Waals surface area contributed by atoms with Gasteiger partial charge in [-0.2, -0.15) is 18.3 Å². The minimum atomic E-state index is -4.57. The summed E-state index contributed by atoms with van der Waals surface area (Å²) in [5.41, 5.74) is 6.82. The van der Waals surface area contributed by atoms with Crippen molar-refractivity contribution in [3.8, 4) is 17.4 Å². The summed E-state index contributed by atoms with van der Waals surface area (Å²) in [5, 5.41) is 6.54. The Bertz CT molecular complexity index is 2260. The average molecular weight is 876 g/mol. The van der Waals surface area contributed by atoms with Crippen molar-refractivity contribution < 1.29 is 55.0 Å². The Kier molecular flexibility index (Phi) is 13.8. The van der Waals surface area contributed by atoms with Crippen LogP contribution in [0.5, 0.6) is 17.4 Å². The number of nitrogens with two attached hydrogens (primary N) is 1. The number of likely N-dealkylation sites (tertiary alicyclic amines) is 1. The maximum atomic E-state index is 14.3. The lowest BCUT2D eigenvalue weighted by atomic mass is 10.0. The number of ether oxygens (including phenoxy) is 3. The van der Waals surface area contributed by atoms with E-state index in [1.807, 2.05) is 32.9 Å². The van der Waals surface area contributed by atoms with Gasteiger partial charge in [0.25, 0.3) is 5.91 Å². The number of fused-ring (bicyclic) bond motifs is 1. The van der Waals surface area contributed by atoms with E-state index in [0.717, 1.165) is 17.8 Å².